The molecule has 1 aromatic carbocycles. The van der Waals surface area contributed by atoms with E-state index in [-0.39, 0.29) is 5.69 Å². The minimum Gasteiger partial charge on any atom is -0.297 e. The highest BCUT2D eigenvalue weighted by molar-refractivity contribution is 6.31. The fourth-order valence-electron chi connectivity index (χ4n) is 1.03. The van der Waals surface area contributed by atoms with Gasteiger partial charge in [0.05, 0.1) is 4.92 Å². The molecular weight excluding hydrogens is 208 g/mol. The van der Waals surface area contributed by atoms with Crippen LogP contribution in [0.25, 0.3) is 0 Å². The third-order valence-electron chi connectivity index (χ3n) is 1.83. The van der Waals surface area contributed by atoms with E-state index in [9.17, 15) is 10.1 Å². The molecule has 2 N–H and O–H groups in total. The maximum absolute atomic E-state index is 10.5. The second-order valence-corrected chi connectivity index (χ2v) is 3.15. The Hall–Kier alpha value is -1.17. The number of benzene rings is 1. The molecule has 14 heavy (non-hydrogen) atoms. The summed E-state index contributed by atoms with van der Waals surface area (Å²) < 4.78 is 0. The van der Waals surface area contributed by atoms with Gasteiger partial charge in [0.15, 0.2) is 0 Å². The van der Waals surface area contributed by atoms with Crippen LogP contribution in [0.3, 0.4) is 0 Å². The molecule has 0 spiro atoms. The van der Waals surface area contributed by atoms with E-state index in [4.69, 9.17) is 17.5 Å². The lowest BCUT2D eigenvalue weighted by Gasteiger charge is -2.10. The van der Waals surface area contributed by atoms with Crippen LogP contribution in [0.4, 0.5) is 5.69 Å². The number of hydrogen-bond acceptors (Lipinski definition) is 4. The number of halogens is 1. The van der Waals surface area contributed by atoms with Crippen molar-refractivity contribution in [2.24, 2.45) is 5.90 Å². The number of non-ortho nitro benzene ring substituents is 1. The molecule has 5 nitrogen and oxygen atoms in total. The molecule has 0 saturated carbocycles. The highest BCUT2D eigenvalue weighted by Gasteiger charge is 2.14. The van der Waals surface area contributed by atoms with Crippen molar-refractivity contribution in [3.8, 4) is 0 Å². The van der Waals surface area contributed by atoms with Gasteiger partial charge in [0, 0.05) is 22.7 Å². The third kappa shape index (κ3) is 2.20. The lowest BCUT2D eigenvalue weighted by molar-refractivity contribution is -0.385. The molecule has 1 unspecified atom stereocenters. The first kappa shape index (κ1) is 10.9. The normalized spacial score (nSPS) is 12.5. The Labute approximate surface area is 85.5 Å². The van der Waals surface area contributed by atoms with Gasteiger partial charge in [-0.1, -0.05) is 11.6 Å². The number of rotatable bonds is 3. The molecule has 0 fully saturated rings. The zero-order chi connectivity index (χ0) is 10.7. The SMILES string of the molecule is CC(ON)c1cc([N+](=O)[O-])ccc1Cl. The third-order valence-corrected chi connectivity index (χ3v) is 2.18. The van der Waals surface area contributed by atoms with Crippen molar-refractivity contribution in [2.45, 2.75) is 13.0 Å². The molecule has 0 aliphatic rings. The molecule has 6 heteroatoms. The smallest absolute Gasteiger partial charge is 0.269 e. The lowest BCUT2D eigenvalue weighted by Crippen LogP contribution is -2.06. The first-order valence-corrected chi connectivity index (χ1v) is 4.23. The number of hydrogen-bond donors (Lipinski definition) is 1. The molecule has 0 heterocycles. The Morgan fingerprint density at radius 1 is 1.64 bits per heavy atom. The summed E-state index contributed by atoms with van der Waals surface area (Å²) in [6.45, 7) is 1.66. The van der Waals surface area contributed by atoms with Crippen LogP contribution in [0, 0.1) is 10.1 Å². The molecule has 0 aromatic heterocycles. The Morgan fingerprint density at radius 2 is 2.29 bits per heavy atom. The summed E-state index contributed by atoms with van der Waals surface area (Å²) in [5.74, 6) is 4.97. The van der Waals surface area contributed by atoms with Crippen molar-refractivity contribution in [3.63, 3.8) is 0 Å². The second kappa shape index (κ2) is 4.36. The molecule has 0 radical (unpaired) electrons. The highest BCUT2D eigenvalue weighted by Crippen LogP contribution is 2.28. The summed E-state index contributed by atoms with van der Waals surface area (Å²) in [5.41, 5.74) is 0.469. The minimum absolute atomic E-state index is 0.0340. The second-order valence-electron chi connectivity index (χ2n) is 2.74. The minimum atomic E-state index is -0.497. The molecule has 0 aliphatic carbocycles. The van der Waals surface area contributed by atoms with Gasteiger partial charge < -0.3 is 0 Å². The quantitative estimate of drug-likeness (QED) is 0.621. The molecule has 0 amide bonds. The summed E-state index contributed by atoms with van der Waals surface area (Å²) >= 11 is 5.82. The molecule has 1 atom stereocenters. The first-order valence-electron chi connectivity index (χ1n) is 3.85. The highest BCUT2D eigenvalue weighted by atomic mass is 35.5. The van der Waals surface area contributed by atoms with E-state index in [1.807, 2.05) is 0 Å². The lowest BCUT2D eigenvalue weighted by atomic mass is 10.1. The molecule has 0 saturated heterocycles. The number of nitro benzene ring substituents is 1. The fourth-order valence-corrected chi connectivity index (χ4v) is 1.30. The van der Waals surface area contributed by atoms with E-state index in [0.717, 1.165) is 0 Å². The monoisotopic (exact) mass is 216 g/mol. The van der Waals surface area contributed by atoms with Crippen molar-refractivity contribution in [1.82, 2.24) is 0 Å². The predicted molar refractivity (Wildman–Crippen MR) is 51.8 cm³/mol. The van der Waals surface area contributed by atoms with E-state index in [1.165, 1.54) is 18.2 Å². The van der Waals surface area contributed by atoms with Crippen molar-refractivity contribution in [1.29, 1.82) is 0 Å². The van der Waals surface area contributed by atoms with Crippen LogP contribution in [0.2, 0.25) is 5.02 Å². The Bertz CT molecular complexity index is 356. The number of nitrogens with zero attached hydrogens (tertiary/aromatic N) is 1. The molecule has 0 aliphatic heterocycles. The van der Waals surface area contributed by atoms with E-state index in [1.54, 1.807) is 6.92 Å². The average molecular weight is 217 g/mol. The topological polar surface area (TPSA) is 78.4 Å². The zero-order valence-corrected chi connectivity index (χ0v) is 8.19. The van der Waals surface area contributed by atoms with Crippen molar-refractivity contribution in [3.05, 3.63) is 38.9 Å². The number of nitro groups is 1. The Kier molecular flexibility index (Phi) is 3.40. The van der Waals surface area contributed by atoms with E-state index in [2.05, 4.69) is 4.84 Å². The molecule has 76 valence electrons. The van der Waals surface area contributed by atoms with Gasteiger partial charge in [0.2, 0.25) is 0 Å². The summed E-state index contributed by atoms with van der Waals surface area (Å²) in [6.07, 6.45) is -0.470. The average Bonchev–Trinajstić information content (AvgIpc) is 2.17. The van der Waals surface area contributed by atoms with E-state index < -0.39 is 11.0 Å². The summed E-state index contributed by atoms with van der Waals surface area (Å²) in [7, 11) is 0. The largest absolute Gasteiger partial charge is 0.297 e. The van der Waals surface area contributed by atoms with Gasteiger partial charge in [-0.2, -0.15) is 0 Å². The number of nitrogens with two attached hydrogens (primary N) is 1. The van der Waals surface area contributed by atoms with Crippen LogP contribution in [-0.4, -0.2) is 4.92 Å². The fraction of sp³-hybridized carbons (Fsp3) is 0.250. The molecule has 1 rings (SSSR count). The van der Waals surface area contributed by atoms with Gasteiger partial charge in [-0.15, -0.1) is 0 Å². The van der Waals surface area contributed by atoms with Gasteiger partial charge in [-0.05, 0) is 13.0 Å². The van der Waals surface area contributed by atoms with Crippen LogP contribution in [0.1, 0.15) is 18.6 Å². The molecule has 0 bridgehead atoms. The van der Waals surface area contributed by atoms with Crippen LogP contribution >= 0.6 is 11.6 Å². The first-order chi connectivity index (χ1) is 6.56. The van der Waals surface area contributed by atoms with Crippen LogP contribution in [0.5, 0.6) is 0 Å². The van der Waals surface area contributed by atoms with Crippen molar-refractivity contribution < 1.29 is 9.76 Å². The van der Waals surface area contributed by atoms with Gasteiger partial charge in [-0.3, -0.25) is 15.0 Å². The van der Waals surface area contributed by atoms with Crippen LogP contribution < -0.4 is 5.90 Å². The Balaban J connectivity index is 3.14. The van der Waals surface area contributed by atoms with Gasteiger partial charge in [0.25, 0.3) is 5.69 Å². The van der Waals surface area contributed by atoms with Crippen LogP contribution in [0.15, 0.2) is 18.2 Å². The Morgan fingerprint density at radius 3 is 2.79 bits per heavy atom. The molecule has 1 aromatic rings. The summed E-state index contributed by atoms with van der Waals surface area (Å²) in [4.78, 5) is 14.5. The van der Waals surface area contributed by atoms with E-state index in [0.29, 0.717) is 10.6 Å². The molecular formula is C8H9ClN2O3. The van der Waals surface area contributed by atoms with Gasteiger partial charge in [0.1, 0.15) is 6.10 Å². The maximum atomic E-state index is 10.5. The van der Waals surface area contributed by atoms with Crippen molar-refractivity contribution in [2.75, 3.05) is 0 Å². The summed E-state index contributed by atoms with van der Waals surface area (Å²) in [5, 5.41) is 10.9. The zero-order valence-electron chi connectivity index (χ0n) is 7.44. The van der Waals surface area contributed by atoms with E-state index >= 15 is 0 Å². The van der Waals surface area contributed by atoms with Gasteiger partial charge >= 0.3 is 0 Å². The summed E-state index contributed by atoms with van der Waals surface area (Å²) in [6, 6.07) is 4.12. The van der Waals surface area contributed by atoms with Gasteiger partial charge in [-0.25, -0.2) is 5.90 Å². The predicted octanol–water partition coefficient (Wildman–Crippen LogP) is 2.20. The maximum Gasteiger partial charge on any atom is 0.269 e. The van der Waals surface area contributed by atoms with Crippen LogP contribution in [-0.2, 0) is 4.84 Å². The standard InChI is InChI=1S/C8H9ClN2O3/c1-5(14-10)7-4-6(11(12)13)2-3-8(7)9/h2-5H,10H2,1H3. The van der Waals surface area contributed by atoms with Crippen molar-refractivity contribution >= 4 is 17.3 Å².